The number of imidazole rings is 1. The first-order valence-corrected chi connectivity index (χ1v) is 9.33. The van der Waals surface area contributed by atoms with Gasteiger partial charge in [0.25, 0.3) is 0 Å². The van der Waals surface area contributed by atoms with Crippen molar-refractivity contribution in [2.24, 2.45) is 0 Å². The molecule has 6 heteroatoms. The number of carbonyl (C=O) groups excluding carboxylic acids is 1. The van der Waals surface area contributed by atoms with Gasteiger partial charge in [-0.2, -0.15) is 0 Å². The number of amides is 1. The number of morpholine rings is 1. The molecule has 0 spiro atoms. The van der Waals surface area contributed by atoms with Crippen molar-refractivity contribution in [2.45, 2.75) is 25.6 Å². The van der Waals surface area contributed by atoms with Crippen molar-refractivity contribution in [1.82, 2.24) is 20.2 Å². The quantitative estimate of drug-likeness (QED) is 0.703. The summed E-state index contributed by atoms with van der Waals surface area (Å²) in [5.74, 6) is 0.0481. The minimum Gasteiger partial charge on any atom is -0.378 e. The van der Waals surface area contributed by atoms with E-state index in [4.69, 9.17) is 4.74 Å². The van der Waals surface area contributed by atoms with Crippen LogP contribution in [0, 0.1) is 0 Å². The van der Waals surface area contributed by atoms with Crippen molar-refractivity contribution >= 4 is 16.9 Å². The second-order valence-electron chi connectivity index (χ2n) is 6.88. The third kappa shape index (κ3) is 4.53. The Labute approximate surface area is 158 Å². The lowest BCUT2D eigenvalue weighted by atomic mass is 10.1. The molecule has 2 N–H and O–H groups in total. The molecule has 2 aromatic carbocycles. The number of carbonyl (C=O) groups is 1. The third-order valence-corrected chi connectivity index (χ3v) is 4.82. The number of rotatable bonds is 6. The molecule has 27 heavy (non-hydrogen) atoms. The highest BCUT2D eigenvalue weighted by atomic mass is 16.5. The Morgan fingerprint density at radius 1 is 1.19 bits per heavy atom. The molecule has 1 saturated heterocycles. The molecule has 1 fully saturated rings. The van der Waals surface area contributed by atoms with Gasteiger partial charge in [-0.05, 0) is 23.3 Å². The Morgan fingerprint density at radius 2 is 2.00 bits per heavy atom. The zero-order chi connectivity index (χ0) is 18.5. The number of nitrogens with one attached hydrogen (secondary N) is 2. The zero-order valence-electron chi connectivity index (χ0n) is 15.2. The summed E-state index contributed by atoms with van der Waals surface area (Å²) in [5, 5.41) is 6.28. The summed E-state index contributed by atoms with van der Waals surface area (Å²) in [6, 6.07) is 16.6. The fourth-order valence-electron chi connectivity index (χ4n) is 3.34. The highest BCUT2D eigenvalue weighted by Crippen LogP contribution is 2.14. The molecular weight excluding hydrogens is 340 g/mol. The van der Waals surface area contributed by atoms with E-state index < -0.39 is 0 Å². The molecule has 1 unspecified atom stereocenters. The number of aromatic nitrogens is 2. The molecule has 0 saturated carbocycles. The van der Waals surface area contributed by atoms with Crippen molar-refractivity contribution in [3.8, 4) is 0 Å². The van der Waals surface area contributed by atoms with Crippen LogP contribution in [0.25, 0.3) is 11.0 Å². The Kier molecular flexibility index (Phi) is 5.46. The second kappa shape index (κ2) is 8.33. The first kappa shape index (κ1) is 17.7. The molecule has 0 aliphatic carbocycles. The van der Waals surface area contributed by atoms with Crippen LogP contribution in [0.2, 0.25) is 0 Å². The monoisotopic (exact) mass is 364 g/mol. The Hall–Kier alpha value is -2.70. The molecule has 1 amide bonds. The molecular formula is C21H24N4O2. The van der Waals surface area contributed by atoms with Crippen LogP contribution in [0.4, 0.5) is 0 Å². The summed E-state index contributed by atoms with van der Waals surface area (Å²) < 4.78 is 7.52. The van der Waals surface area contributed by atoms with Crippen LogP contribution in [-0.2, 0) is 22.6 Å². The maximum Gasteiger partial charge on any atom is 0.221 e. The van der Waals surface area contributed by atoms with Crippen LogP contribution < -0.4 is 10.6 Å². The number of ether oxygens (including phenoxy) is 1. The summed E-state index contributed by atoms with van der Waals surface area (Å²) in [6.45, 7) is 3.46. The molecule has 1 atom stereocenters. The maximum atomic E-state index is 12.1. The zero-order valence-corrected chi connectivity index (χ0v) is 15.2. The van der Waals surface area contributed by atoms with E-state index >= 15 is 0 Å². The van der Waals surface area contributed by atoms with Gasteiger partial charge < -0.3 is 19.9 Å². The SMILES string of the molecule is O=C(CC1COCCN1)NCc1ccc(Cn2cnc3ccccc32)cc1. The smallest absolute Gasteiger partial charge is 0.221 e. The van der Waals surface area contributed by atoms with Crippen LogP contribution >= 0.6 is 0 Å². The normalized spacial score (nSPS) is 17.1. The first-order valence-electron chi connectivity index (χ1n) is 9.33. The molecule has 0 bridgehead atoms. The summed E-state index contributed by atoms with van der Waals surface area (Å²) in [4.78, 5) is 16.5. The van der Waals surface area contributed by atoms with Crippen molar-refractivity contribution in [3.05, 3.63) is 66.0 Å². The molecule has 3 aromatic rings. The van der Waals surface area contributed by atoms with Gasteiger partial charge in [-0.15, -0.1) is 0 Å². The molecule has 4 rings (SSSR count). The molecule has 0 radical (unpaired) electrons. The van der Waals surface area contributed by atoms with Gasteiger partial charge in [-0.3, -0.25) is 4.79 Å². The van der Waals surface area contributed by atoms with E-state index in [1.54, 1.807) is 0 Å². The van der Waals surface area contributed by atoms with Gasteiger partial charge in [0, 0.05) is 32.1 Å². The van der Waals surface area contributed by atoms with Crippen molar-refractivity contribution in [2.75, 3.05) is 19.8 Å². The Bertz CT molecular complexity index is 898. The predicted molar refractivity (Wildman–Crippen MR) is 104 cm³/mol. The summed E-state index contributed by atoms with van der Waals surface area (Å²) in [5.41, 5.74) is 4.44. The average molecular weight is 364 g/mol. The fourth-order valence-corrected chi connectivity index (χ4v) is 3.34. The van der Waals surface area contributed by atoms with Crippen LogP contribution in [-0.4, -0.2) is 41.3 Å². The van der Waals surface area contributed by atoms with E-state index in [0.29, 0.717) is 19.6 Å². The lowest BCUT2D eigenvalue weighted by Crippen LogP contribution is -2.44. The van der Waals surface area contributed by atoms with Gasteiger partial charge >= 0.3 is 0 Å². The fraction of sp³-hybridized carbons (Fsp3) is 0.333. The minimum absolute atomic E-state index is 0.0481. The summed E-state index contributed by atoms with van der Waals surface area (Å²) in [6.07, 6.45) is 2.33. The lowest BCUT2D eigenvalue weighted by molar-refractivity contribution is -0.122. The van der Waals surface area contributed by atoms with Crippen molar-refractivity contribution in [3.63, 3.8) is 0 Å². The molecule has 140 valence electrons. The van der Waals surface area contributed by atoms with Gasteiger partial charge in [-0.1, -0.05) is 36.4 Å². The van der Waals surface area contributed by atoms with Crippen LogP contribution in [0.5, 0.6) is 0 Å². The minimum atomic E-state index is 0.0481. The summed E-state index contributed by atoms with van der Waals surface area (Å²) >= 11 is 0. The molecule has 1 aliphatic rings. The van der Waals surface area contributed by atoms with E-state index in [2.05, 4.69) is 50.5 Å². The highest BCUT2D eigenvalue weighted by Gasteiger charge is 2.16. The summed E-state index contributed by atoms with van der Waals surface area (Å²) in [7, 11) is 0. The van der Waals surface area contributed by atoms with Crippen molar-refractivity contribution in [1.29, 1.82) is 0 Å². The molecule has 1 aliphatic heterocycles. The number of benzene rings is 2. The van der Waals surface area contributed by atoms with Gasteiger partial charge in [0.2, 0.25) is 5.91 Å². The largest absolute Gasteiger partial charge is 0.378 e. The number of hydrogen-bond donors (Lipinski definition) is 2. The number of para-hydroxylation sites is 2. The van der Waals surface area contributed by atoms with Gasteiger partial charge in [0.05, 0.1) is 30.6 Å². The second-order valence-corrected chi connectivity index (χ2v) is 6.88. The van der Waals surface area contributed by atoms with Crippen LogP contribution in [0.15, 0.2) is 54.9 Å². The lowest BCUT2D eigenvalue weighted by Gasteiger charge is -2.23. The molecule has 2 heterocycles. The maximum absolute atomic E-state index is 12.1. The van der Waals surface area contributed by atoms with E-state index in [1.165, 1.54) is 5.56 Å². The topological polar surface area (TPSA) is 68.2 Å². The van der Waals surface area contributed by atoms with E-state index in [9.17, 15) is 4.79 Å². The Balaban J connectivity index is 1.30. The van der Waals surface area contributed by atoms with Crippen LogP contribution in [0.1, 0.15) is 17.5 Å². The van der Waals surface area contributed by atoms with Gasteiger partial charge in [-0.25, -0.2) is 4.98 Å². The average Bonchev–Trinajstić information content (AvgIpc) is 3.11. The van der Waals surface area contributed by atoms with Crippen LogP contribution in [0.3, 0.4) is 0 Å². The number of hydrogen-bond acceptors (Lipinski definition) is 4. The molecule has 1 aromatic heterocycles. The predicted octanol–water partition coefficient (Wildman–Crippen LogP) is 2.08. The van der Waals surface area contributed by atoms with E-state index in [-0.39, 0.29) is 11.9 Å². The standard InChI is InChI=1S/C21H24N4O2/c26-21(11-18-14-27-10-9-22-18)23-12-16-5-7-17(8-6-16)13-25-15-24-19-3-1-2-4-20(19)25/h1-8,15,18,22H,9-14H2,(H,23,26). The first-order chi connectivity index (χ1) is 13.3. The van der Waals surface area contributed by atoms with E-state index in [0.717, 1.165) is 36.3 Å². The Morgan fingerprint density at radius 3 is 2.81 bits per heavy atom. The number of fused-ring (bicyclic) bond motifs is 1. The van der Waals surface area contributed by atoms with E-state index in [1.807, 2.05) is 24.5 Å². The van der Waals surface area contributed by atoms with Gasteiger partial charge in [0.1, 0.15) is 0 Å². The third-order valence-electron chi connectivity index (χ3n) is 4.82. The number of nitrogens with zero attached hydrogens (tertiary/aromatic N) is 2. The molecule has 6 nitrogen and oxygen atoms in total. The van der Waals surface area contributed by atoms with Crippen molar-refractivity contribution < 1.29 is 9.53 Å². The van der Waals surface area contributed by atoms with Gasteiger partial charge in [0.15, 0.2) is 0 Å². The highest BCUT2D eigenvalue weighted by molar-refractivity contribution is 5.76.